The quantitative estimate of drug-likeness (QED) is 0.307. The second-order valence-corrected chi connectivity index (χ2v) is 8.00. The molecule has 0 unspecified atom stereocenters. The molecule has 0 aromatic carbocycles. The summed E-state index contributed by atoms with van der Waals surface area (Å²) < 4.78 is 53.1. The molecule has 0 fully saturated rings. The van der Waals surface area contributed by atoms with Crippen molar-refractivity contribution in [3.8, 4) is 0 Å². The third-order valence-electron chi connectivity index (χ3n) is 2.38. The number of carbonyl (C=O) groups is 2. The third kappa shape index (κ3) is 8.44. The van der Waals surface area contributed by atoms with E-state index in [-0.39, 0.29) is 46.1 Å². The summed E-state index contributed by atoms with van der Waals surface area (Å²) in [5.41, 5.74) is -2.23. The molecular weight excluding hydrogens is 378 g/mol. The molecule has 0 radical (unpaired) electrons. The van der Waals surface area contributed by atoms with Crippen molar-refractivity contribution in [1.82, 2.24) is 0 Å². The minimum absolute atomic E-state index is 0.0220. The summed E-state index contributed by atoms with van der Waals surface area (Å²) in [6, 6.07) is 0. The normalized spacial score (nSPS) is 12.0. The summed E-state index contributed by atoms with van der Waals surface area (Å²) >= 11 is 0. The molecule has 0 aliphatic carbocycles. The zero-order chi connectivity index (χ0) is 19.3. The Balaban J connectivity index is 4.32. The lowest BCUT2D eigenvalue weighted by atomic mass is 10.5. The van der Waals surface area contributed by atoms with E-state index in [4.69, 9.17) is 27.6 Å². The average Bonchev–Trinajstić information content (AvgIpc) is 2.55. The highest BCUT2D eigenvalue weighted by Crippen LogP contribution is 2.50. The molecule has 12 heteroatoms. The number of rotatable bonds is 14. The summed E-state index contributed by atoms with van der Waals surface area (Å²) in [7, 11) is -7.95. The van der Waals surface area contributed by atoms with Crippen molar-refractivity contribution in [2.75, 3.05) is 39.6 Å². The Hall–Kier alpha value is -0.760. The molecule has 0 aromatic heterocycles. The predicted molar refractivity (Wildman–Crippen MR) is 89.0 cm³/mol. The van der Waals surface area contributed by atoms with Crippen molar-refractivity contribution in [2.45, 2.75) is 34.1 Å². The van der Waals surface area contributed by atoms with Crippen LogP contribution in [-0.2, 0) is 36.7 Å². The van der Waals surface area contributed by atoms with Crippen LogP contribution in [0.25, 0.3) is 0 Å². The van der Waals surface area contributed by atoms with Gasteiger partial charge in [-0.05, 0) is 27.7 Å². The van der Waals surface area contributed by atoms with E-state index in [1.807, 2.05) is 0 Å². The van der Waals surface area contributed by atoms with E-state index >= 15 is 0 Å². The summed E-state index contributed by atoms with van der Waals surface area (Å²) in [5.74, 6) is 0. The van der Waals surface area contributed by atoms with Gasteiger partial charge in [0.2, 0.25) is 0 Å². The van der Waals surface area contributed by atoms with Gasteiger partial charge in [0.1, 0.15) is 0 Å². The number of hydrogen-bond donors (Lipinski definition) is 0. The van der Waals surface area contributed by atoms with Gasteiger partial charge in [-0.25, -0.2) is 18.7 Å². The summed E-state index contributed by atoms with van der Waals surface area (Å²) in [6.45, 7) is 5.96. The van der Waals surface area contributed by atoms with E-state index in [0.717, 1.165) is 0 Å². The molecule has 0 bridgehead atoms. The molecule has 0 amide bonds. The molecule has 0 heterocycles. The van der Waals surface area contributed by atoms with Crippen molar-refractivity contribution in [2.24, 2.45) is 0 Å². The number of hydrogen-bond acceptors (Lipinski definition) is 10. The van der Waals surface area contributed by atoms with Crippen LogP contribution in [0.4, 0.5) is 9.59 Å². The van der Waals surface area contributed by atoms with Crippen molar-refractivity contribution < 1.29 is 46.3 Å². The summed E-state index contributed by atoms with van der Waals surface area (Å²) in [4.78, 5) is 23.5. The van der Waals surface area contributed by atoms with E-state index in [9.17, 15) is 18.7 Å². The van der Waals surface area contributed by atoms with Gasteiger partial charge >= 0.3 is 26.6 Å². The van der Waals surface area contributed by atoms with Gasteiger partial charge in [-0.1, -0.05) is 0 Å². The van der Waals surface area contributed by atoms with E-state index in [0.29, 0.717) is 0 Å². The SMILES string of the molecule is CCOP(=O)(OCC)C(=O)OCCCOC(=O)P(=O)(OCC)OCC. The van der Waals surface area contributed by atoms with E-state index in [2.05, 4.69) is 0 Å². The maximum Gasteiger partial charge on any atom is 0.438 e. The monoisotopic (exact) mass is 404 g/mol. The highest BCUT2D eigenvalue weighted by Gasteiger charge is 2.37. The van der Waals surface area contributed by atoms with Gasteiger partial charge in [0.05, 0.1) is 39.6 Å². The van der Waals surface area contributed by atoms with Crippen molar-refractivity contribution in [3.63, 3.8) is 0 Å². The smallest absolute Gasteiger partial charge is 0.438 e. The topological polar surface area (TPSA) is 124 Å². The molecule has 0 rings (SSSR count). The van der Waals surface area contributed by atoms with E-state index in [1.54, 1.807) is 27.7 Å². The Morgan fingerprint density at radius 3 is 1.16 bits per heavy atom. The largest absolute Gasteiger partial charge is 0.457 e. The molecule has 0 N–H and O–H groups in total. The molecule has 0 aliphatic heterocycles. The highest BCUT2D eigenvalue weighted by atomic mass is 31.2. The maximum absolute atomic E-state index is 12.1. The van der Waals surface area contributed by atoms with Crippen LogP contribution in [-0.4, -0.2) is 51.1 Å². The highest BCUT2D eigenvalue weighted by molar-refractivity contribution is 7.71. The fourth-order valence-corrected chi connectivity index (χ4v) is 3.93. The lowest BCUT2D eigenvalue weighted by molar-refractivity contribution is 0.125. The molecule has 0 saturated heterocycles. The Labute approximate surface area is 147 Å². The molecule has 0 atom stereocenters. The van der Waals surface area contributed by atoms with Crippen LogP contribution in [0.1, 0.15) is 34.1 Å². The van der Waals surface area contributed by atoms with Gasteiger partial charge in [0.15, 0.2) is 0 Å². The lowest BCUT2D eigenvalue weighted by Crippen LogP contribution is -2.13. The standard InChI is InChI=1S/C13H26O10P2/c1-5-20-24(16,21-6-2)12(14)18-10-9-11-19-13(15)25(17,22-7-3)23-8-4/h5-11H2,1-4H3. The van der Waals surface area contributed by atoms with Gasteiger partial charge in [-0.15, -0.1) is 0 Å². The van der Waals surface area contributed by atoms with Gasteiger partial charge in [-0.3, -0.25) is 0 Å². The Morgan fingerprint density at radius 2 is 0.920 bits per heavy atom. The first-order valence-corrected chi connectivity index (χ1v) is 11.0. The van der Waals surface area contributed by atoms with Gasteiger partial charge in [0.25, 0.3) is 0 Å². The van der Waals surface area contributed by atoms with Crippen LogP contribution in [0.2, 0.25) is 0 Å². The fraction of sp³-hybridized carbons (Fsp3) is 0.846. The minimum Gasteiger partial charge on any atom is -0.457 e. The molecule has 0 aliphatic rings. The molecular formula is C13H26O10P2. The summed E-state index contributed by atoms with van der Waals surface area (Å²) in [6.07, 6.45) is 0.0912. The molecule has 10 nitrogen and oxygen atoms in total. The molecule has 148 valence electrons. The Bertz CT molecular complexity index is 443. The average molecular weight is 404 g/mol. The van der Waals surface area contributed by atoms with Crippen LogP contribution in [0, 0.1) is 0 Å². The van der Waals surface area contributed by atoms with Crippen LogP contribution >= 0.6 is 15.2 Å². The second-order valence-electron chi connectivity index (χ2n) is 4.25. The second kappa shape index (κ2) is 12.6. The first kappa shape index (κ1) is 24.2. The maximum atomic E-state index is 12.1. The van der Waals surface area contributed by atoms with Crippen molar-refractivity contribution in [3.05, 3.63) is 0 Å². The lowest BCUT2D eigenvalue weighted by Gasteiger charge is -2.16. The van der Waals surface area contributed by atoms with Crippen molar-refractivity contribution >= 4 is 26.6 Å². The third-order valence-corrected chi connectivity index (χ3v) is 5.93. The molecule has 25 heavy (non-hydrogen) atoms. The van der Waals surface area contributed by atoms with Gasteiger partial charge < -0.3 is 27.6 Å². The zero-order valence-electron chi connectivity index (χ0n) is 14.9. The fourth-order valence-electron chi connectivity index (χ4n) is 1.50. The predicted octanol–water partition coefficient (Wildman–Crippen LogP) is 4.18. The van der Waals surface area contributed by atoms with Crippen LogP contribution in [0.5, 0.6) is 0 Å². The molecule has 0 aromatic rings. The minimum atomic E-state index is -3.98. The number of carbonyl (C=O) groups excluding carboxylic acids is 2. The van der Waals surface area contributed by atoms with Crippen LogP contribution in [0.3, 0.4) is 0 Å². The Morgan fingerprint density at radius 1 is 0.640 bits per heavy atom. The first-order chi connectivity index (χ1) is 11.8. The molecule has 0 spiro atoms. The van der Waals surface area contributed by atoms with E-state index in [1.165, 1.54) is 0 Å². The van der Waals surface area contributed by atoms with Crippen LogP contribution < -0.4 is 0 Å². The van der Waals surface area contributed by atoms with Crippen LogP contribution in [0.15, 0.2) is 0 Å². The Kier molecular flexibility index (Phi) is 12.2. The van der Waals surface area contributed by atoms with Gasteiger partial charge in [-0.2, -0.15) is 0 Å². The summed E-state index contributed by atoms with van der Waals surface area (Å²) in [5, 5.41) is 0. The van der Waals surface area contributed by atoms with E-state index < -0.39 is 26.6 Å². The van der Waals surface area contributed by atoms with Gasteiger partial charge in [0, 0.05) is 6.42 Å². The zero-order valence-corrected chi connectivity index (χ0v) is 16.7. The molecule has 0 saturated carbocycles. The number of ether oxygens (including phenoxy) is 2. The first-order valence-electron chi connectivity index (χ1n) is 7.92. The van der Waals surface area contributed by atoms with Crippen molar-refractivity contribution in [1.29, 1.82) is 0 Å².